The summed E-state index contributed by atoms with van der Waals surface area (Å²) in [5.74, 6) is 0.203. The molecule has 21 heavy (non-hydrogen) atoms. The average molecular weight is 297 g/mol. The van der Waals surface area contributed by atoms with Crippen LogP contribution in [0.1, 0.15) is 40.0 Å². The summed E-state index contributed by atoms with van der Waals surface area (Å²) >= 11 is 0. The molecule has 0 aromatic carbocycles. The first-order chi connectivity index (χ1) is 9.86. The van der Waals surface area contributed by atoms with Gasteiger partial charge in [-0.1, -0.05) is 20.8 Å². The van der Waals surface area contributed by atoms with E-state index in [1.165, 1.54) is 12.8 Å². The van der Waals surface area contributed by atoms with Gasteiger partial charge in [-0.05, 0) is 18.3 Å². The lowest BCUT2D eigenvalue weighted by molar-refractivity contribution is -0.134. The van der Waals surface area contributed by atoms with Gasteiger partial charge in [-0.2, -0.15) is 0 Å². The van der Waals surface area contributed by atoms with Crippen LogP contribution in [0.5, 0.6) is 0 Å². The minimum absolute atomic E-state index is 0.0166. The topological polar surface area (TPSA) is 58.8 Å². The molecular weight excluding hydrogens is 266 g/mol. The van der Waals surface area contributed by atoms with Crippen molar-refractivity contribution >= 4 is 5.91 Å². The molecule has 2 rings (SSSR count). The van der Waals surface area contributed by atoms with Crippen molar-refractivity contribution < 1.29 is 9.53 Å². The predicted octanol–water partition coefficient (Wildman–Crippen LogP) is 1.07. The Labute approximate surface area is 128 Å². The van der Waals surface area contributed by atoms with Gasteiger partial charge in [0.2, 0.25) is 5.91 Å². The summed E-state index contributed by atoms with van der Waals surface area (Å²) in [6, 6.07) is -0.0741. The Morgan fingerprint density at radius 2 is 1.95 bits per heavy atom. The number of rotatable bonds is 4. The molecule has 2 fully saturated rings. The van der Waals surface area contributed by atoms with Crippen molar-refractivity contribution in [1.82, 2.24) is 9.80 Å². The molecule has 5 heteroatoms. The van der Waals surface area contributed by atoms with Gasteiger partial charge in [-0.15, -0.1) is 0 Å². The summed E-state index contributed by atoms with van der Waals surface area (Å²) in [6.07, 6.45) is 3.23. The van der Waals surface area contributed by atoms with E-state index >= 15 is 0 Å². The third-order valence-electron chi connectivity index (χ3n) is 4.72. The standard InChI is InChI=1S/C16H31N3O2/c1-16(2,3)14(17)11-15(20)19-8-6-18(7-9-19)12-13-5-4-10-21-13/h13-14H,4-12,17H2,1-3H3. The molecule has 0 aliphatic carbocycles. The van der Waals surface area contributed by atoms with Gasteiger partial charge < -0.3 is 15.4 Å². The third-order valence-corrected chi connectivity index (χ3v) is 4.72. The number of nitrogens with two attached hydrogens (primary N) is 1. The number of hydrogen-bond acceptors (Lipinski definition) is 4. The fourth-order valence-electron chi connectivity index (χ4n) is 2.88. The maximum atomic E-state index is 12.3. The van der Waals surface area contributed by atoms with E-state index in [4.69, 9.17) is 10.5 Å². The summed E-state index contributed by atoms with van der Waals surface area (Å²) in [5, 5.41) is 0. The average Bonchev–Trinajstić information content (AvgIpc) is 2.91. The Hall–Kier alpha value is -0.650. The lowest BCUT2D eigenvalue weighted by Crippen LogP contribution is -2.51. The summed E-state index contributed by atoms with van der Waals surface area (Å²) in [4.78, 5) is 16.7. The molecule has 0 radical (unpaired) electrons. The van der Waals surface area contributed by atoms with Crippen LogP contribution in [0.25, 0.3) is 0 Å². The van der Waals surface area contributed by atoms with Crippen molar-refractivity contribution in [3.63, 3.8) is 0 Å². The highest BCUT2D eigenvalue weighted by Gasteiger charge is 2.28. The van der Waals surface area contributed by atoms with Gasteiger partial charge in [0, 0.05) is 51.8 Å². The Kier molecular flexibility index (Phi) is 5.63. The lowest BCUT2D eigenvalue weighted by Gasteiger charge is -2.37. The van der Waals surface area contributed by atoms with Crippen LogP contribution in [0, 0.1) is 5.41 Å². The molecule has 2 atom stereocenters. The quantitative estimate of drug-likeness (QED) is 0.843. The molecule has 2 saturated heterocycles. The highest BCUT2D eigenvalue weighted by atomic mass is 16.5. The highest BCUT2D eigenvalue weighted by molar-refractivity contribution is 5.77. The minimum atomic E-state index is -0.0741. The monoisotopic (exact) mass is 297 g/mol. The maximum Gasteiger partial charge on any atom is 0.224 e. The molecule has 0 aromatic rings. The number of carbonyl (C=O) groups excluding carboxylic acids is 1. The Morgan fingerprint density at radius 3 is 2.48 bits per heavy atom. The van der Waals surface area contributed by atoms with Gasteiger partial charge in [0.15, 0.2) is 0 Å². The van der Waals surface area contributed by atoms with Gasteiger partial charge in [-0.3, -0.25) is 9.69 Å². The molecule has 0 bridgehead atoms. The van der Waals surface area contributed by atoms with Crippen LogP contribution in [-0.2, 0) is 9.53 Å². The number of carbonyl (C=O) groups is 1. The summed E-state index contributed by atoms with van der Waals surface area (Å²) in [6.45, 7) is 11.7. The van der Waals surface area contributed by atoms with E-state index in [2.05, 4.69) is 25.7 Å². The van der Waals surface area contributed by atoms with Crippen LogP contribution in [0.2, 0.25) is 0 Å². The van der Waals surface area contributed by atoms with Crippen LogP contribution in [-0.4, -0.2) is 67.2 Å². The van der Waals surface area contributed by atoms with E-state index in [1.807, 2.05) is 4.90 Å². The zero-order valence-corrected chi connectivity index (χ0v) is 13.8. The molecule has 0 spiro atoms. The van der Waals surface area contributed by atoms with E-state index in [0.717, 1.165) is 39.3 Å². The predicted molar refractivity (Wildman–Crippen MR) is 84.0 cm³/mol. The molecular formula is C16H31N3O2. The SMILES string of the molecule is CC(C)(C)C(N)CC(=O)N1CCN(CC2CCCO2)CC1. The van der Waals surface area contributed by atoms with Gasteiger partial charge in [0.05, 0.1) is 6.10 Å². The molecule has 2 heterocycles. The first-order valence-electron chi connectivity index (χ1n) is 8.23. The van der Waals surface area contributed by atoms with Crippen molar-refractivity contribution in [1.29, 1.82) is 0 Å². The zero-order chi connectivity index (χ0) is 15.5. The fourth-order valence-corrected chi connectivity index (χ4v) is 2.88. The zero-order valence-electron chi connectivity index (χ0n) is 13.8. The van der Waals surface area contributed by atoms with E-state index in [1.54, 1.807) is 0 Å². The Bertz CT molecular complexity index is 340. The second-order valence-electron chi connectivity index (χ2n) is 7.49. The van der Waals surface area contributed by atoms with Gasteiger partial charge in [0.25, 0.3) is 0 Å². The molecule has 122 valence electrons. The van der Waals surface area contributed by atoms with Crippen molar-refractivity contribution in [2.75, 3.05) is 39.3 Å². The van der Waals surface area contributed by atoms with Crippen molar-refractivity contribution in [3.05, 3.63) is 0 Å². The molecule has 2 aliphatic heterocycles. The number of amides is 1. The van der Waals surface area contributed by atoms with Crippen molar-refractivity contribution in [2.45, 2.75) is 52.2 Å². The van der Waals surface area contributed by atoms with Crippen LogP contribution in [0.3, 0.4) is 0 Å². The first kappa shape index (κ1) is 16.7. The third kappa shape index (κ3) is 4.94. The normalized spacial score (nSPS) is 26.1. The number of hydrogen-bond donors (Lipinski definition) is 1. The molecule has 2 aliphatic rings. The summed E-state index contributed by atoms with van der Waals surface area (Å²) in [5.41, 5.74) is 6.10. The molecule has 0 aromatic heterocycles. The minimum Gasteiger partial charge on any atom is -0.377 e. The highest BCUT2D eigenvalue weighted by Crippen LogP contribution is 2.21. The largest absolute Gasteiger partial charge is 0.377 e. The van der Waals surface area contributed by atoms with Gasteiger partial charge in [0.1, 0.15) is 0 Å². The second kappa shape index (κ2) is 7.07. The molecule has 2 N–H and O–H groups in total. The maximum absolute atomic E-state index is 12.3. The second-order valence-corrected chi connectivity index (χ2v) is 7.49. The molecule has 1 amide bonds. The van der Waals surface area contributed by atoms with Crippen molar-refractivity contribution in [2.24, 2.45) is 11.1 Å². The molecule has 2 unspecified atom stereocenters. The van der Waals surface area contributed by atoms with Crippen LogP contribution in [0.4, 0.5) is 0 Å². The van der Waals surface area contributed by atoms with E-state index in [9.17, 15) is 4.79 Å². The lowest BCUT2D eigenvalue weighted by atomic mass is 9.85. The fraction of sp³-hybridized carbons (Fsp3) is 0.938. The Morgan fingerprint density at radius 1 is 1.29 bits per heavy atom. The smallest absolute Gasteiger partial charge is 0.224 e. The van der Waals surface area contributed by atoms with Gasteiger partial charge >= 0.3 is 0 Å². The summed E-state index contributed by atoms with van der Waals surface area (Å²) in [7, 11) is 0. The first-order valence-corrected chi connectivity index (χ1v) is 8.23. The van der Waals surface area contributed by atoms with Gasteiger partial charge in [-0.25, -0.2) is 0 Å². The van der Waals surface area contributed by atoms with E-state index < -0.39 is 0 Å². The van der Waals surface area contributed by atoms with Crippen LogP contribution in [0.15, 0.2) is 0 Å². The van der Waals surface area contributed by atoms with E-state index in [0.29, 0.717) is 12.5 Å². The molecule has 5 nitrogen and oxygen atoms in total. The Balaban J connectivity index is 1.71. The summed E-state index contributed by atoms with van der Waals surface area (Å²) < 4.78 is 5.68. The van der Waals surface area contributed by atoms with Crippen LogP contribution >= 0.6 is 0 Å². The number of ether oxygens (including phenoxy) is 1. The molecule has 0 saturated carbocycles. The number of piperazine rings is 1. The number of nitrogens with zero attached hydrogens (tertiary/aromatic N) is 2. The van der Waals surface area contributed by atoms with E-state index in [-0.39, 0.29) is 17.4 Å². The van der Waals surface area contributed by atoms with Crippen molar-refractivity contribution in [3.8, 4) is 0 Å². The van der Waals surface area contributed by atoms with Crippen LogP contribution < -0.4 is 5.73 Å².